The molecule has 0 radical (unpaired) electrons. The van der Waals surface area contributed by atoms with E-state index in [9.17, 15) is 13.2 Å². The van der Waals surface area contributed by atoms with Crippen LogP contribution >= 0.6 is 0 Å². The minimum absolute atomic E-state index is 0.155. The summed E-state index contributed by atoms with van der Waals surface area (Å²) in [4.78, 5) is 10.5. The van der Waals surface area contributed by atoms with Crippen LogP contribution in [-0.2, 0) is 10.0 Å². The molecule has 0 amide bonds. The quantitative estimate of drug-likeness (QED) is 0.692. The molecule has 0 saturated heterocycles. The Kier molecular flexibility index (Phi) is 3.86. The van der Waals surface area contributed by atoms with Crippen LogP contribution in [0.4, 0.5) is 5.69 Å². The van der Waals surface area contributed by atoms with Crippen LogP contribution in [0.2, 0.25) is 0 Å². The number of carbonyl (C=O) groups is 1. The van der Waals surface area contributed by atoms with Gasteiger partial charge in [-0.25, -0.2) is 17.9 Å². The van der Waals surface area contributed by atoms with Gasteiger partial charge in [-0.2, -0.15) is 0 Å². The van der Waals surface area contributed by atoms with Gasteiger partial charge in [-0.3, -0.25) is 0 Å². The molecule has 0 aromatic heterocycles. The number of carboxylic acid groups (broad SMARTS) is 1. The lowest BCUT2D eigenvalue weighted by molar-refractivity contribution is 0.0697. The van der Waals surface area contributed by atoms with Gasteiger partial charge in [-0.15, -0.1) is 0 Å². The standard InChI is InChI=1S/C9H12N2O4S/c1-10-16(14,15)6-11-8-4-2-7(3-5-8)9(12)13/h2-5,10-11H,6H2,1H3,(H,12,13). The summed E-state index contributed by atoms with van der Waals surface area (Å²) in [6, 6.07) is 5.82. The number of nitrogens with one attached hydrogen (secondary N) is 2. The molecule has 0 aliphatic rings. The lowest BCUT2D eigenvalue weighted by atomic mass is 10.2. The molecule has 0 atom stereocenters. The normalized spacial score (nSPS) is 11.1. The van der Waals surface area contributed by atoms with E-state index in [-0.39, 0.29) is 11.4 Å². The van der Waals surface area contributed by atoms with Crippen molar-refractivity contribution in [1.82, 2.24) is 4.72 Å². The average molecular weight is 244 g/mol. The molecule has 7 heteroatoms. The number of hydrogen-bond acceptors (Lipinski definition) is 4. The second-order valence-electron chi connectivity index (χ2n) is 3.02. The lowest BCUT2D eigenvalue weighted by Gasteiger charge is -2.06. The predicted octanol–water partition coefficient (Wildman–Crippen LogP) is 0.303. The lowest BCUT2D eigenvalue weighted by Crippen LogP contribution is -2.26. The van der Waals surface area contributed by atoms with Crippen molar-refractivity contribution in [1.29, 1.82) is 0 Å². The van der Waals surface area contributed by atoms with Crippen LogP contribution in [0.5, 0.6) is 0 Å². The number of sulfonamides is 1. The summed E-state index contributed by atoms with van der Waals surface area (Å²) in [5.41, 5.74) is 0.700. The highest BCUT2D eigenvalue weighted by Gasteiger charge is 2.06. The molecule has 0 aliphatic heterocycles. The summed E-state index contributed by atoms with van der Waals surface area (Å²) in [6.07, 6.45) is 0. The molecule has 1 aromatic rings. The Balaban J connectivity index is 2.66. The van der Waals surface area contributed by atoms with Gasteiger partial charge in [0.15, 0.2) is 0 Å². The minimum atomic E-state index is -3.32. The Bertz CT molecular complexity index is 467. The first-order valence-corrected chi connectivity index (χ1v) is 6.08. The van der Waals surface area contributed by atoms with E-state index in [1.165, 1.54) is 31.3 Å². The van der Waals surface area contributed by atoms with Crippen molar-refractivity contribution in [2.24, 2.45) is 0 Å². The maximum atomic E-state index is 11.1. The zero-order valence-corrected chi connectivity index (χ0v) is 9.41. The Morgan fingerprint density at radius 2 is 1.88 bits per heavy atom. The Morgan fingerprint density at radius 1 is 1.31 bits per heavy atom. The van der Waals surface area contributed by atoms with Gasteiger partial charge >= 0.3 is 5.97 Å². The van der Waals surface area contributed by atoms with E-state index < -0.39 is 16.0 Å². The molecule has 0 heterocycles. The maximum Gasteiger partial charge on any atom is 0.335 e. The fourth-order valence-corrected chi connectivity index (χ4v) is 1.48. The van der Waals surface area contributed by atoms with E-state index >= 15 is 0 Å². The summed E-state index contributed by atoms with van der Waals surface area (Å²) < 4.78 is 24.3. The zero-order chi connectivity index (χ0) is 12.2. The highest BCUT2D eigenvalue weighted by atomic mass is 32.2. The van der Waals surface area contributed by atoms with Crippen molar-refractivity contribution < 1.29 is 18.3 Å². The van der Waals surface area contributed by atoms with E-state index in [1.807, 2.05) is 0 Å². The van der Waals surface area contributed by atoms with Gasteiger partial charge in [0.2, 0.25) is 10.0 Å². The van der Waals surface area contributed by atoms with Crippen molar-refractivity contribution in [3.05, 3.63) is 29.8 Å². The molecule has 1 rings (SSSR count). The second-order valence-corrected chi connectivity index (χ2v) is 4.95. The minimum Gasteiger partial charge on any atom is -0.478 e. The van der Waals surface area contributed by atoms with Gasteiger partial charge in [0.25, 0.3) is 0 Å². The summed E-state index contributed by atoms with van der Waals surface area (Å²) >= 11 is 0. The van der Waals surface area contributed by atoms with Crippen LogP contribution in [0.15, 0.2) is 24.3 Å². The Hall–Kier alpha value is -1.60. The van der Waals surface area contributed by atoms with Crippen molar-refractivity contribution >= 4 is 21.7 Å². The molecule has 0 saturated carbocycles. The Morgan fingerprint density at radius 3 is 2.31 bits per heavy atom. The van der Waals surface area contributed by atoms with E-state index in [0.717, 1.165) is 0 Å². The number of aromatic carboxylic acids is 1. The number of anilines is 1. The molecule has 0 unspecified atom stereocenters. The number of rotatable bonds is 5. The van der Waals surface area contributed by atoms with Crippen molar-refractivity contribution in [2.45, 2.75) is 0 Å². The summed E-state index contributed by atoms with van der Waals surface area (Å²) in [6.45, 7) is 0. The molecule has 6 nitrogen and oxygen atoms in total. The van der Waals surface area contributed by atoms with E-state index in [1.54, 1.807) is 0 Å². The summed E-state index contributed by atoms with van der Waals surface area (Å²) in [5, 5.41) is 11.3. The molecule has 0 spiro atoms. The third kappa shape index (κ3) is 3.52. The smallest absolute Gasteiger partial charge is 0.335 e. The van der Waals surface area contributed by atoms with Crippen LogP contribution in [0, 0.1) is 0 Å². The molecule has 88 valence electrons. The first-order valence-electron chi connectivity index (χ1n) is 4.43. The molecule has 0 fully saturated rings. The summed E-state index contributed by atoms with van der Waals surface area (Å²) in [7, 11) is -2.00. The van der Waals surface area contributed by atoms with Crippen molar-refractivity contribution in [3.63, 3.8) is 0 Å². The average Bonchev–Trinajstić information content (AvgIpc) is 2.27. The van der Waals surface area contributed by atoms with Crippen LogP contribution in [0.3, 0.4) is 0 Å². The molecule has 1 aromatic carbocycles. The van der Waals surface area contributed by atoms with Gasteiger partial charge < -0.3 is 10.4 Å². The van der Waals surface area contributed by atoms with Crippen LogP contribution in [0.1, 0.15) is 10.4 Å². The zero-order valence-electron chi connectivity index (χ0n) is 8.60. The SMILES string of the molecule is CNS(=O)(=O)CNc1ccc(C(=O)O)cc1. The van der Waals surface area contributed by atoms with Crippen molar-refractivity contribution in [2.75, 3.05) is 18.2 Å². The third-order valence-corrected chi connectivity index (χ3v) is 3.06. The highest BCUT2D eigenvalue weighted by molar-refractivity contribution is 7.89. The number of benzene rings is 1. The van der Waals surface area contributed by atoms with E-state index in [4.69, 9.17) is 5.11 Å². The van der Waals surface area contributed by atoms with E-state index in [0.29, 0.717) is 5.69 Å². The van der Waals surface area contributed by atoms with Crippen molar-refractivity contribution in [3.8, 4) is 0 Å². The molecule has 3 N–H and O–H groups in total. The molecular weight excluding hydrogens is 232 g/mol. The van der Waals surface area contributed by atoms with Gasteiger partial charge in [-0.1, -0.05) is 0 Å². The Labute approximate surface area is 93.3 Å². The van der Waals surface area contributed by atoms with Crippen LogP contribution in [0.25, 0.3) is 0 Å². The molecule has 0 aliphatic carbocycles. The second kappa shape index (κ2) is 4.95. The maximum absolute atomic E-state index is 11.1. The van der Waals surface area contributed by atoms with Gasteiger partial charge in [-0.05, 0) is 31.3 Å². The van der Waals surface area contributed by atoms with Gasteiger partial charge in [0, 0.05) is 5.69 Å². The fourth-order valence-electron chi connectivity index (χ4n) is 0.981. The van der Waals surface area contributed by atoms with Gasteiger partial charge in [0.05, 0.1) is 5.56 Å². The number of hydrogen-bond donors (Lipinski definition) is 3. The fraction of sp³-hybridized carbons (Fsp3) is 0.222. The predicted molar refractivity (Wildman–Crippen MR) is 59.9 cm³/mol. The summed E-state index contributed by atoms with van der Waals surface area (Å²) in [5.74, 6) is -1.27. The molecular formula is C9H12N2O4S. The monoisotopic (exact) mass is 244 g/mol. The molecule has 16 heavy (non-hydrogen) atoms. The van der Waals surface area contributed by atoms with Crippen LogP contribution in [-0.4, -0.2) is 32.4 Å². The molecule has 0 bridgehead atoms. The first-order chi connectivity index (χ1) is 7.44. The topological polar surface area (TPSA) is 95.5 Å². The van der Waals surface area contributed by atoms with Crippen LogP contribution < -0.4 is 10.0 Å². The largest absolute Gasteiger partial charge is 0.478 e. The first kappa shape index (κ1) is 12.5. The van der Waals surface area contributed by atoms with E-state index in [2.05, 4.69) is 10.0 Å². The van der Waals surface area contributed by atoms with Gasteiger partial charge in [0.1, 0.15) is 5.88 Å². The highest BCUT2D eigenvalue weighted by Crippen LogP contribution is 2.09. The number of carboxylic acids is 1. The third-order valence-electron chi connectivity index (χ3n) is 1.91.